The molecule has 8 heteroatoms. The Morgan fingerprint density at radius 1 is 1.32 bits per heavy atom. The molecule has 2 rings (SSSR count). The van der Waals surface area contributed by atoms with Crippen molar-refractivity contribution in [3.05, 3.63) is 29.8 Å². The van der Waals surface area contributed by atoms with Crippen LogP contribution < -0.4 is 5.01 Å². The predicted molar refractivity (Wildman–Crippen MR) is 75.5 cm³/mol. The van der Waals surface area contributed by atoms with Crippen molar-refractivity contribution in [3.63, 3.8) is 0 Å². The second-order valence-corrected chi connectivity index (χ2v) is 4.54. The maximum Gasteiger partial charge on any atom is 0.355 e. The number of benzene rings is 1. The van der Waals surface area contributed by atoms with E-state index >= 15 is 0 Å². The molecule has 0 aliphatic carbocycles. The van der Waals surface area contributed by atoms with Crippen LogP contribution in [0.4, 0.5) is 5.69 Å². The number of carbonyl (C=O) groups excluding carboxylic acids is 2. The Balaban J connectivity index is 2.34. The fourth-order valence-electron chi connectivity index (χ4n) is 2.10. The number of nitrogens with zero attached hydrogens (tertiary/aromatic N) is 2. The van der Waals surface area contributed by atoms with Crippen LogP contribution in [0.5, 0.6) is 0 Å². The van der Waals surface area contributed by atoms with Gasteiger partial charge in [0.1, 0.15) is 0 Å². The number of hydrogen-bond donors (Lipinski definition) is 2. The molecule has 1 aliphatic rings. The molecule has 0 aromatic heterocycles. The van der Waals surface area contributed by atoms with Crippen LogP contribution in [-0.2, 0) is 14.3 Å². The summed E-state index contributed by atoms with van der Waals surface area (Å²) in [5.41, 5.74) is 0.320. The first kappa shape index (κ1) is 15.6. The van der Waals surface area contributed by atoms with Crippen molar-refractivity contribution >= 4 is 29.2 Å². The zero-order valence-electron chi connectivity index (χ0n) is 11.7. The van der Waals surface area contributed by atoms with Gasteiger partial charge in [-0.3, -0.25) is 4.79 Å². The molecule has 0 bridgehead atoms. The van der Waals surface area contributed by atoms with E-state index in [1.54, 1.807) is 0 Å². The number of carbonyl (C=O) groups is 3. The molecule has 0 saturated carbocycles. The number of amides is 1. The molecule has 0 fully saturated rings. The van der Waals surface area contributed by atoms with Crippen molar-refractivity contribution in [2.75, 3.05) is 18.7 Å². The molecular weight excluding hydrogens is 292 g/mol. The smallest absolute Gasteiger partial charge is 0.355 e. The summed E-state index contributed by atoms with van der Waals surface area (Å²) in [5, 5.41) is 22.8. The van der Waals surface area contributed by atoms with Gasteiger partial charge in [0, 0.05) is 6.61 Å². The number of aliphatic hydroxyl groups excluding tert-OH is 1. The van der Waals surface area contributed by atoms with Gasteiger partial charge in [0.25, 0.3) is 5.91 Å². The topological polar surface area (TPSA) is 117 Å². The number of hydrogen-bond acceptors (Lipinski definition) is 6. The third-order valence-corrected chi connectivity index (χ3v) is 3.22. The van der Waals surface area contributed by atoms with Crippen LogP contribution in [0.3, 0.4) is 0 Å². The van der Waals surface area contributed by atoms with Gasteiger partial charge in [-0.25, -0.2) is 9.59 Å². The molecule has 8 nitrogen and oxygen atoms in total. The van der Waals surface area contributed by atoms with E-state index in [1.165, 1.54) is 31.4 Å². The zero-order valence-corrected chi connectivity index (χ0v) is 11.7. The summed E-state index contributed by atoms with van der Waals surface area (Å²) >= 11 is 0. The predicted octanol–water partition coefficient (Wildman–Crippen LogP) is 0.259. The number of methoxy groups -OCH3 is 1. The summed E-state index contributed by atoms with van der Waals surface area (Å²) < 4.78 is 4.59. The normalized spacial score (nSPS) is 17.4. The molecule has 1 aromatic carbocycles. The van der Waals surface area contributed by atoms with Gasteiger partial charge in [-0.15, -0.1) is 0 Å². The van der Waals surface area contributed by atoms with Crippen molar-refractivity contribution in [3.8, 4) is 0 Å². The molecule has 0 unspecified atom stereocenters. The average Bonchev–Trinajstić information content (AvgIpc) is 2.84. The van der Waals surface area contributed by atoms with Gasteiger partial charge >= 0.3 is 11.9 Å². The van der Waals surface area contributed by atoms with Crippen molar-refractivity contribution in [1.29, 1.82) is 0 Å². The Bertz CT molecular complexity index is 637. The SMILES string of the molecule is COC(=O)C1=NN(c2ccc(C(=O)O)cc2)C(=O)[C@H]1CCO. The lowest BCUT2D eigenvalue weighted by Gasteiger charge is -2.13. The zero-order chi connectivity index (χ0) is 16.3. The lowest BCUT2D eigenvalue weighted by atomic mass is 10.00. The Morgan fingerprint density at radius 3 is 2.45 bits per heavy atom. The summed E-state index contributed by atoms with van der Waals surface area (Å²) in [6.45, 7) is -0.280. The molecule has 1 heterocycles. The van der Waals surface area contributed by atoms with Crippen LogP contribution in [0, 0.1) is 5.92 Å². The van der Waals surface area contributed by atoms with Gasteiger partial charge < -0.3 is 14.9 Å². The standard InChI is InChI=1S/C14H14N2O6/c1-22-14(21)11-10(6-7-17)12(18)16(15-11)9-4-2-8(3-5-9)13(19)20/h2-5,10,17H,6-7H2,1H3,(H,19,20)/t10-/m0/s1. The number of hydrazone groups is 1. The average molecular weight is 306 g/mol. The summed E-state index contributed by atoms with van der Waals surface area (Å²) in [6.07, 6.45) is 0.0521. The Labute approximate surface area is 125 Å². The fourth-order valence-corrected chi connectivity index (χ4v) is 2.10. The van der Waals surface area contributed by atoms with Crippen molar-refractivity contribution in [1.82, 2.24) is 0 Å². The number of carboxylic acids is 1. The molecule has 1 aliphatic heterocycles. The van der Waals surface area contributed by atoms with Gasteiger partial charge in [-0.1, -0.05) is 0 Å². The highest BCUT2D eigenvalue weighted by Crippen LogP contribution is 2.26. The minimum atomic E-state index is -1.09. The highest BCUT2D eigenvalue weighted by atomic mass is 16.5. The first-order valence-electron chi connectivity index (χ1n) is 6.44. The second kappa shape index (κ2) is 6.35. The summed E-state index contributed by atoms with van der Waals surface area (Å²) in [4.78, 5) is 34.8. The molecule has 0 radical (unpaired) electrons. The molecule has 0 saturated heterocycles. The van der Waals surface area contributed by atoms with Gasteiger partial charge in [0.05, 0.1) is 24.3 Å². The summed E-state index contributed by atoms with van der Waals surface area (Å²) in [7, 11) is 1.18. The molecule has 1 amide bonds. The van der Waals surface area contributed by atoms with E-state index in [0.717, 1.165) is 5.01 Å². The van der Waals surface area contributed by atoms with E-state index in [2.05, 4.69) is 9.84 Å². The number of rotatable bonds is 5. The third kappa shape index (κ3) is 2.82. The maximum absolute atomic E-state index is 12.3. The molecule has 0 spiro atoms. The summed E-state index contributed by atoms with van der Waals surface area (Å²) in [5.74, 6) is -3.18. The van der Waals surface area contributed by atoms with Crippen LogP contribution in [0.1, 0.15) is 16.8 Å². The van der Waals surface area contributed by atoms with Gasteiger partial charge in [-0.2, -0.15) is 10.1 Å². The van der Waals surface area contributed by atoms with Gasteiger partial charge in [0.15, 0.2) is 5.71 Å². The van der Waals surface area contributed by atoms with E-state index in [4.69, 9.17) is 10.2 Å². The molecule has 2 N–H and O–H groups in total. The minimum Gasteiger partial charge on any atom is -0.478 e. The number of anilines is 1. The number of aliphatic hydroxyl groups is 1. The first-order valence-corrected chi connectivity index (χ1v) is 6.44. The molecule has 1 aromatic rings. The van der Waals surface area contributed by atoms with Crippen LogP contribution >= 0.6 is 0 Å². The third-order valence-electron chi connectivity index (χ3n) is 3.22. The van der Waals surface area contributed by atoms with E-state index in [1.807, 2.05) is 0 Å². The Hall–Kier alpha value is -2.74. The van der Waals surface area contributed by atoms with Crippen molar-refractivity contribution in [2.45, 2.75) is 6.42 Å². The number of ether oxygens (including phenoxy) is 1. The van der Waals surface area contributed by atoms with Crippen LogP contribution in [0.25, 0.3) is 0 Å². The van der Waals surface area contributed by atoms with E-state index in [9.17, 15) is 14.4 Å². The Morgan fingerprint density at radius 2 is 1.95 bits per heavy atom. The summed E-state index contributed by atoms with van der Waals surface area (Å²) in [6, 6.07) is 5.50. The largest absolute Gasteiger partial charge is 0.478 e. The minimum absolute atomic E-state index is 0.0521. The van der Waals surface area contributed by atoms with Crippen LogP contribution in [0.2, 0.25) is 0 Å². The second-order valence-electron chi connectivity index (χ2n) is 4.54. The molecule has 116 valence electrons. The molecule has 1 atom stereocenters. The van der Waals surface area contributed by atoms with Crippen LogP contribution in [-0.4, -0.2) is 47.5 Å². The van der Waals surface area contributed by atoms with Gasteiger partial charge in [0.2, 0.25) is 0 Å². The highest BCUT2D eigenvalue weighted by Gasteiger charge is 2.40. The van der Waals surface area contributed by atoms with E-state index in [0.29, 0.717) is 5.69 Å². The lowest BCUT2D eigenvalue weighted by Crippen LogP contribution is -2.31. The van der Waals surface area contributed by atoms with Crippen molar-refractivity contribution in [2.24, 2.45) is 11.0 Å². The lowest BCUT2D eigenvalue weighted by molar-refractivity contribution is -0.133. The van der Waals surface area contributed by atoms with E-state index in [-0.39, 0.29) is 24.3 Å². The Kier molecular flexibility index (Phi) is 4.52. The van der Waals surface area contributed by atoms with Crippen LogP contribution in [0.15, 0.2) is 29.4 Å². The van der Waals surface area contributed by atoms with E-state index < -0.39 is 23.8 Å². The number of aromatic carboxylic acids is 1. The quantitative estimate of drug-likeness (QED) is 0.754. The molecular formula is C14H14N2O6. The monoisotopic (exact) mass is 306 g/mol. The molecule has 22 heavy (non-hydrogen) atoms. The van der Waals surface area contributed by atoms with Gasteiger partial charge in [-0.05, 0) is 30.7 Å². The first-order chi connectivity index (χ1) is 10.5. The highest BCUT2D eigenvalue weighted by molar-refractivity contribution is 6.44. The number of carboxylic acid groups (broad SMARTS) is 1. The number of esters is 1. The maximum atomic E-state index is 12.3. The van der Waals surface area contributed by atoms with Crippen molar-refractivity contribution < 1.29 is 29.3 Å². The fraction of sp³-hybridized carbons (Fsp3) is 0.286.